The number of anilines is 2. The summed E-state index contributed by atoms with van der Waals surface area (Å²) in [5, 5.41) is 17.0. The number of nitrogens with one attached hydrogen (secondary N) is 2. The van der Waals surface area contributed by atoms with Gasteiger partial charge in [0.1, 0.15) is 29.3 Å². The summed E-state index contributed by atoms with van der Waals surface area (Å²) in [6.45, 7) is 1.50. The fourth-order valence-corrected chi connectivity index (χ4v) is 5.32. The molecule has 1 unspecified atom stereocenters. The van der Waals surface area contributed by atoms with Crippen molar-refractivity contribution in [3.8, 4) is 17.0 Å². The van der Waals surface area contributed by atoms with Crippen LogP contribution < -0.4 is 21.1 Å². The molecule has 5 aromatic rings. The maximum absolute atomic E-state index is 14.8. The van der Waals surface area contributed by atoms with Crippen LogP contribution in [0.1, 0.15) is 34.1 Å². The molecule has 246 valence electrons. The Balaban J connectivity index is 1.41. The molecule has 0 saturated heterocycles. The molecule has 2 amide bonds. The van der Waals surface area contributed by atoms with E-state index < -0.39 is 47.1 Å². The van der Waals surface area contributed by atoms with Crippen molar-refractivity contribution in [3.63, 3.8) is 0 Å². The lowest BCUT2D eigenvalue weighted by molar-refractivity contribution is -0.265. The maximum Gasteiger partial charge on any atom is 0.424 e. The number of alkyl halides is 3. The van der Waals surface area contributed by atoms with E-state index in [0.717, 1.165) is 23.8 Å². The topological polar surface area (TPSA) is 165 Å². The van der Waals surface area contributed by atoms with Crippen LogP contribution in [-0.4, -0.2) is 56.2 Å². The van der Waals surface area contributed by atoms with Crippen molar-refractivity contribution < 1.29 is 37.0 Å². The van der Waals surface area contributed by atoms with Gasteiger partial charge in [0.25, 0.3) is 5.91 Å². The number of halogens is 4. The Hall–Kier alpha value is -5.70. The van der Waals surface area contributed by atoms with Crippen LogP contribution in [0.25, 0.3) is 22.2 Å². The van der Waals surface area contributed by atoms with Gasteiger partial charge in [0, 0.05) is 40.7 Å². The van der Waals surface area contributed by atoms with Crippen molar-refractivity contribution in [2.45, 2.75) is 31.0 Å². The third-order valence-corrected chi connectivity index (χ3v) is 8.13. The smallest absolute Gasteiger partial charge is 0.424 e. The zero-order valence-electron chi connectivity index (χ0n) is 25.4. The first-order valence-corrected chi connectivity index (χ1v) is 14.5. The van der Waals surface area contributed by atoms with E-state index in [2.05, 4.69) is 30.6 Å². The molecule has 0 bridgehead atoms. The van der Waals surface area contributed by atoms with E-state index in [9.17, 15) is 32.3 Å². The first kappa shape index (κ1) is 32.2. The van der Waals surface area contributed by atoms with Crippen LogP contribution in [0.15, 0.2) is 73.2 Å². The van der Waals surface area contributed by atoms with Crippen molar-refractivity contribution in [1.29, 1.82) is 0 Å². The van der Waals surface area contributed by atoms with Gasteiger partial charge in [0.2, 0.25) is 17.5 Å². The quantitative estimate of drug-likeness (QED) is 0.174. The summed E-state index contributed by atoms with van der Waals surface area (Å²) in [6.07, 6.45) is -0.779. The van der Waals surface area contributed by atoms with E-state index >= 15 is 0 Å². The van der Waals surface area contributed by atoms with Gasteiger partial charge in [-0.2, -0.15) is 13.2 Å². The molecule has 2 aromatic carbocycles. The number of aromatic nitrogens is 4. The van der Waals surface area contributed by atoms with Crippen LogP contribution in [0.4, 0.5) is 29.2 Å². The molecule has 11 nitrogen and oxygen atoms in total. The summed E-state index contributed by atoms with van der Waals surface area (Å²) < 4.78 is 64.0. The Morgan fingerprint density at radius 3 is 2.44 bits per heavy atom. The van der Waals surface area contributed by atoms with E-state index in [4.69, 9.17) is 10.5 Å². The van der Waals surface area contributed by atoms with E-state index in [1.165, 1.54) is 43.6 Å². The highest BCUT2D eigenvalue weighted by atomic mass is 19.4. The number of nitrogens with zero attached hydrogens (tertiary/aromatic N) is 4. The molecule has 5 N–H and O–H groups in total. The van der Waals surface area contributed by atoms with Gasteiger partial charge in [-0.1, -0.05) is 0 Å². The number of nitrogens with two attached hydrogens (primary N) is 1. The van der Waals surface area contributed by atoms with Gasteiger partial charge in [-0.3, -0.25) is 14.6 Å². The number of aliphatic hydroxyl groups is 1. The lowest BCUT2D eigenvalue weighted by atomic mass is 9.81. The highest BCUT2D eigenvalue weighted by Gasteiger charge is 2.57. The number of aryl methyl sites for hydroxylation is 1. The van der Waals surface area contributed by atoms with E-state index in [1.54, 1.807) is 25.3 Å². The number of hydrogen-bond donors (Lipinski definition) is 4. The lowest BCUT2D eigenvalue weighted by Gasteiger charge is -2.31. The number of pyridine rings is 2. The zero-order valence-corrected chi connectivity index (χ0v) is 25.4. The first-order chi connectivity index (χ1) is 22.7. The van der Waals surface area contributed by atoms with Crippen LogP contribution in [0.2, 0.25) is 0 Å². The molecule has 0 radical (unpaired) electrons. The van der Waals surface area contributed by atoms with Crippen molar-refractivity contribution >= 4 is 34.4 Å². The van der Waals surface area contributed by atoms with Crippen LogP contribution in [0.3, 0.4) is 0 Å². The van der Waals surface area contributed by atoms with Crippen LogP contribution >= 0.6 is 0 Å². The Kier molecular flexibility index (Phi) is 7.95. The second-order valence-electron chi connectivity index (χ2n) is 11.6. The van der Waals surface area contributed by atoms with Crippen molar-refractivity contribution in [3.05, 3.63) is 101 Å². The number of carbonyl (C=O) groups excluding carboxylic acids is 2. The van der Waals surface area contributed by atoms with Gasteiger partial charge in [0.15, 0.2) is 0 Å². The number of ether oxygens (including phenoxy) is 1. The SMILES string of the molecule is Cc1cnc2c(Nc3ncccn3)cc(C(=O)NCC(O)(c3cc4c(c(-c5ccc(F)cc5)n3)OC[C@]4(C)C(N)=O)C(F)(F)F)cc2c1. The van der Waals surface area contributed by atoms with Gasteiger partial charge in [0.05, 0.1) is 23.4 Å². The minimum absolute atomic E-state index is 0.0392. The van der Waals surface area contributed by atoms with Crippen LogP contribution in [-0.2, 0) is 15.8 Å². The predicted octanol–water partition coefficient (Wildman–Crippen LogP) is 4.59. The van der Waals surface area contributed by atoms with Gasteiger partial charge >= 0.3 is 6.18 Å². The summed E-state index contributed by atoms with van der Waals surface area (Å²) in [7, 11) is 0. The Morgan fingerprint density at radius 2 is 1.77 bits per heavy atom. The molecule has 4 heterocycles. The van der Waals surface area contributed by atoms with E-state index in [0.29, 0.717) is 16.6 Å². The fourth-order valence-electron chi connectivity index (χ4n) is 5.32. The van der Waals surface area contributed by atoms with Gasteiger partial charge < -0.3 is 26.2 Å². The maximum atomic E-state index is 14.8. The molecule has 2 atom stereocenters. The Morgan fingerprint density at radius 1 is 1.06 bits per heavy atom. The first-order valence-electron chi connectivity index (χ1n) is 14.5. The van der Waals surface area contributed by atoms with E-state index in [-0.39, 0.29) is 40.7 Å². The highest BCUT2D eigenvalue weighted by molar-refractivity contribution is 6.02. The zero-order chi connectivity index (χ0) is 34.4. The monoisotopic (exact) mass is 661 g/mol. The van der Waals surface area contributed by atoms with Crippen LogP contribution in [0.5, 0.6) is 5.75 Å². The molecule has 15 heteroatoms. The average Bonchev–Trinajstić information content (AvgIpc) is 3.40. The highest BCUT2D eigenvalue weighted by Crippen LogP contribution is 2.47. The van der Waals surface area contributed by atoms with E-state index in [1.807, 2.05) is 0 Å². The minimum atomic E-state index is -5.38. The molecule has 0 saturated carbocycles. The standard InChI is InChI=1S/C33H27F4N7O4/c1-17-10-19-11-20(12-23(25(19)41-14-17)43-30-39-8-3-9-40-30)28(45)42-15-32(47,33(35,36)37)24-13-22-27(48-16-31(22,2)29(38)46)26(44-24)18-4-6-21(34)7-5-18/h3-14,47H,15-16H2,1-2H3,(H2,38,46)(H,42,45)(H,39,40,43)/t31-,32?/m0/s1. The summed E-state index contributed by atoms with van der Waals surface area (Å²) in [5.41, 5.74) is 0.732. The Labute approximate surface area is 270 Å². The van der Waals surface area contributed by atoms with Crippen molar-refractivity contribution in [1.82, 2.24) is 25.3 Å². The van der Waals surface area contributed by atoms with Crippen LogP contribution in [0, 0.1) is 12.7 Å². The van der Waals surface area contributed by atoms with Crippen molar-refractivity contribution in [2.75, 3.05) is 18.5 Å². The number of carbonyl (C=O) groups is 2. The third-order valence-electron chi connectivity index (χ3n) is 8.13. The number of hydrogen-bond acceptors (Lipinski definition) is 9. The molecular formula is C33H27F4N7O4. The number of fused-ring (bicyclic) bond motifs is 2. The van der Waals surface area contributed by atoms with Gasteiger partial charge in [-0.05, 0) is 74.0 Å². The molecule has 3 aromatic heterocycles. The van der Waals surface area contributed by atoms with Crippen molar-refractivity contribution in [2.24, 2.45) is 5.73 Å². The average molecular weight is 662 g/mol. The summed E-state index contributed by atoms with van der Waals surface area (Å²) in [5.74, 6) is -2.31. The summed E-state index contributed by atoms with van der Waals surface area (Å²) in [6, 6.07) is 11.7. The number of primary amides is 1. The summed E-state index contributed by atoms with van der Waals surface area (Å²) in [4.78, 5) is 42.7. The molecule has 0 spiro atoms. The number of rotatable bonds is 8. The lowest BCUT2D eigenvalue weighted by Crippen LogP contribution is -2.51. The molecule has 6 rings (SSSR count). The molecular weight excluding hydrogens is 634 g/mol. The number of benzene rings is 2. The molecule has 1 aliphatic rings. The Bertz CT molecular complexity index is 2060. The predicted molar refractivity (Wildman–Crippen MR) is 166 cm³/mol. The fraction of sp³-hybridized carbons (Fsp3) is 0.212. The largest absolute Gasteiger partial charge is 0.489 e. The third kappa shape index (κ3) is 5.72. The molecule has 1 aliphatic heterocycles. The van der Waals surface area contributed by atoms with Gasteiger partial charge in [-0.25, -0.2) is 19.3 Å². The molecule has 0 fully saturated rings. The molecule has 48 heavy (non-hydrogen) atoms. The second-order valence-corrected chi connectivity index (χ2v) is 11.6. The molecule has 0 aliphatic carbocycles. The number of amides is 2. The van der Waals surface area contributed by atoms with Gasteiger partial charge in [-0.15, -0.1) is 0 Å². The minimum Gasteiger partial charge on any atom is -0.489 e. The normalized spacial score (nSPS) is 16.9. The second kappa shape index (κ2) is 11.8. The summed E-state index contributed by atoms with van der Waals surface area (Å²) >= 11 is 0.